The number of nitrogens with one attached hydrogen (secondary N) is 1. The predicted octanol–water partition coefficient (Wildman–Crippen LogP) is 0.444. The summed E-state index contributed by atoms with van der Waals surface area (Å²) in [5.74, 6) is -0.0694. The summed E-state index contributed by atoms with van der Waals surface area (Å²) in [5.41, 5.74) is 6.59. The van der Waals surface area contributed by atoms with Gasteiger partial charge in [-0.2, -0.15) is 0 Å². The molecule has 1 unspecified atom stereocenters. The fourth-order valence-corrected chi connectivity index (χ4v) is 2.90. The van der Waals surface area contributed by atoms with Gasteiger partial charge < -0.3 is 16.0 Å². The van der Waals surface area contributed by atoms with Crippen LogP contribution in [0, 0.1) is 0 Å². The molecule has 3 N–H and O–H groups in total. The molecule has 1 aromatic rings. The Morgan fingerprint density at radius 1 is 1.67 bits per heavy atom. The fourth-order valence-electron chi connectivity index (χ4n) is 2.13. The summed E-state index contributed by atoms with van der Waals surface area (Å²) >= 11 is 1.60. The Morgan fingerprint density at radius 2 is 2.50 bits per heavy atom. The van der Waals surface area contributed by atoms with Crippen LogP contribution in [0.5, 0.6) is 0 Å². The van der Waals surface area contributed by atoms with E-state index in [-0.39, 0.29) is 11.9 Å². The lowest BCUT2D eigenvalue weighted by Gasteiger charge is -2.18. The van der Waals surface area contributed by atoms with Crippen molar-refractivity contribution < 1.29 is 9.59 Å². The third kappa shape index (κ3) is 2.88. The van der Waals surface area contributed by atoms with E-state index in [2.05, 4.69) is 5.32 Å². The van der Waals surface area contributed by atoms with Crippen LogP contribution in [0.25, 0.3) is 0 Å². The average molecular weight is 267 g/mol. The van der Waals surface area contributed by atoms with Crippen LogP contribution in [0.2, 0.25) is 0 Å². The van der Waals surface area contributed by atoms with E-state index in [9.17, 15) is 9.59 Å². The Morgan fingerprint density at radius 3 is 3.17 bits per heavy atom. The molecule has 6 heteroatoms. The van der Waals surface area contributed by atoms with Gasteiger partial charge in [0.25, 0.3) is 0 Å². The predicted molar refractivity (Wildman–Crippen MR) is 69.8 cm³/mol. The average Bonchev–Trinajstić information content (AvgIpc) is 3.04. The lowest BCUT2D eigenvalue weighted by molar-refractivity contribution is -0.131. The standard InChI is InChI=1S/C12H17N3O2S/c13-5-10-4-9(7-18-10)6-14-12(17)11-2-1-3-15(11)8-16/h4,7-8,11H,1-3,5-6,13H2,(H,14,17). The zero-order chi connectivity index (χ0) is 13.0. The van der Waals surface area contributed by atoms with Crippen molar-refractivity contribution in [3.05, 3.63) is 21.9 Å². The van der Waals surface area contributed by atoms with Gasteiger partial charge in [0.15, 0.2) is 0 Å². The summed E-state index contributed by atoms with van der Waals surface area (Å²) in [6.45, 7) is 1.70. The summed E-state index contributed by atoms with van der Waals surface area (Å²) < 4.78 is 0. The lowest BCUT2D eigenvalue weighted by Crippen LogP contribution is -2.42. The van der Waals surface area contributed by atoms with Gasteiger partial charge in [-0.1, -0.05) is 0 Å². The highest BCUT2D eigenvalue weighted by Crippen LogP contribution is 2.16. The van der Waals surface area contributed by atoms with Gasteiger partial charge >= 0.3 is 0 Å². The minimum Gasteiger partial charge on any atom is -0.350 e. The maximum absolute atomic E-state index is 11.9. The smallest absolute Gasteiger partial charge is 0.243 e. The second-order valence-corrected chi connectivity index (χ2v) is 5.34. The van der Waals surface area contributed by atoms with Crippen LogP contribution >= 0.6 is 11.3 Å². The third-order valence-electron chi connectivity index (χ3n) is 3.11. The normalized spacial score (nSPS) is 18.9. The van der Waals surface area contributed by atoms with Crippen LogP contribution in [-0.4, -0.2) is 29.8 Å². The molecule has 1 aromatic heterocycles. The van der Waals surface area contributed by atoms with Crippen LogP contribution in [0.3, 0.4) is 0 Å². The van der Waals surface area contributed by atoms with E-state index in [1.165, 1.54) is 0 Å². The molecule has 0 spiro atoms. The first-order valence-electron chi connectivity index (χ1n) is 5.99. The number of hydrogen-bond donors (Lipinski definition) is 2. The van der Waals surface area contributed by atoms with Crippen molar-refractivity contribution in [1.82, 2.24) is 10.2 Å². The number of likely N-dealkylation sites (tertiary alicyclic amines) is 1. The van der Waals surface area contributed by atoms with Gasteiger partial charge in [-0.15, -0.1) is 11.3 Å². The van der Waals surface area contributed by atoms with Gasteiger partial charge in [-0.25, -0.2) is 0 Å². The zero-order valence-electron chi connectivity index (χ0n) is 10.1. The van der Waals surface area contributed by atoms with Crippen LogP contribution < -0.4 is 11.1 Å². The Kier molecular flexibility index (Phi) is 4.33. The summed E-state index contributed by atoms with van der Waals surface area (Å²) in [4.78, 5) is 25.4. The Balaban J connectivity index is 1.86. The number of carbonyl (C=O) groups excluding carboxylic acids is 2. The monoisotopic (exact) mass is 267 g/mol. The highest BCUT2D eigenvalue weighted by Gasteiger charge is 2.29. The molecule has 0 saturated carbocycles. The molecule has 2 heterocycles. The number of nitrogens with zero attached hydrogens (tertiary/aromatic N) is 1. The van der Waals surface area contributed by atoms with Gasteiger partial charge in [0.2, 0.25) is 12.3 Å². The first-order valence-corrected chi connectivity index (χ1v) is 6.87. The van der Waals surface area contributed by atoms with Crippen molar-refractivity contribution in [1.29, 1.82) is 0 Å². The molecule has 0 radical (unpaired) electrons. The SMILES string of the molecule is NCc1cc(CNC(=O)C2CCCN2C=O)cs1. The van der Waals surface area contributed by atoms with Crippen molar-refractivity contribution in [2.24, 2.45) is 5.73 Å². The van der Waals surface area contributed by atoms with Gasteiger partial charge in [-0.3, -0.25) is 9.59 Å². The maximum Gasteiger partial charge on any atom is 0.243 e. The van der Waals surface area contributed by atoms with Crippen LogP contribution in [-0.2, 0) is 22.7 Å². The maximum atomic E-state index is 11.9. The van der Waals surface area contributed by atoms with E-state index < -0.39 is 0 Å². The van der Waals surface area contributed by atoms with E-state index in [4.69, 9.17) is 5.73 Å². The van der Waals surface area contributed by atoms with Crippen molar-refractivity contribution in [2.45, 2.75) is 32.0 Å². The van der Waals surface area contributed by atoms with Gasteiger partial charge in [0.1, 0.15) is 6.04 Å². The minimum atomic E-state index is -0.296. The van der Waals surface area contributed by atoms with Crippen molar-refractivity contribution in [3.63, 3.8) is 0 Å². The number of amides is 2. The molecule has 18 heavy (non-hydrogen) atoms. The molecule has 0 aliphatic carbocycles. The van der Waals surface area contributed by atoms with Gasteiger partial charge in [-0.05, 0) is 29.9 Å². The second-order valence-electron chi connectivity index (χ2n) is 4.34. The molecule has 2 rings (SSSR count). The molecule has 0 aromatic carbocycles. The summed E-state index contributed by atoms with van der Waals surface area (Å²) in [6.07, 6.45) is 2.41. The summed E-state index contributed by atoms with van der Waals surface area (Å²) in [5, 5.41) is 4.86. The molecule has 2 amide bonds. The molecule has 5 nitrogen and oxygen atoms in total. The molecule has 1 aliphatic rings. The third-order valence-corrected chi connectivity index (χ3v) is 4.12. The van der Waals surface area contributed by atoms with Crippen LogP contribution in [0.1, 0.15) is 23.3 Å². The molecule has 1 fully saturated rings. The van der Waals surface area contributed by atoms with E-state index >= 15 is 0 Å². The summed E-state index contributed by atoms with van der Waals surface area (Å²) in [6, 6.07) is 1.70. The Hall–Kier alpha value is -1.40. The fraction of sp³-hybridized carbons (Fsp3) is 0.500. The first kappa shape index (κ1) is 13.0. The molecule has 1 atom stereocenters. The highest BCUT2D eigenvalue weighted by atomic mass is 32.1. The van der Waals surface area contributed by atoms with E-state index in [1.54, 1.807) is 16.2 Å². The molecule has 1 aliphatic heterocycles. The van der Waals surface area contributed by atoms with Gasteiger partial charge in [0, 0.05) is 24.5 Å². The number of thiophene rings is 1. The quantitative estimate of drug-likeness (QED) is 0.760. The molecule has 98 valence electrons. The van der Waals surface area contributed by atoms with E-state index in [1.807, 2.05) is 11.4 Å². The van der Waals surface area contributed by atoms with Crippen molar-refractivity contribution >= 4 is 23.7 Å². The Bertz CT molecular complexity index is 433. The Labute approximate surface area is 110 Å². The highest BCUT2D eigenvalue weighted by molar-refractivity contribution is 7.10. The van der Waals surface area contributed by atoms with Crippen molar-refractivity contribution in [2.75, 3.05) is 6.54 Å². The molecular formula is C12H17N3O2S. The number of rotatable bonds is 5. The lowest BCUT2D eigenvalue weighted by atomic mass is 10.2. The first-order chi connectivity index (χ1) is 8.74. The van der Waals surface area contributed by atoms with Gasteiger partial charge in [0.05, 0.1) is 0 Å². The van der Waals surface area contributed by atoms with Crippen molar-refractivity contribution in [3.8, 4) is 0 Å². The van der Waals surface area contributed by atoms with Crippen LogP contribution in [0.15, 0.2) is 11.4 Å². The minimum absolute atomic E-state index is 0.0694. The largest absolute Gasteiger partial charge is 0.350 e. The topological polar surface area (TPSA) is 75.4 Å². The zero-order valence-corrected chi connectivity index (χ0v) is 10.9. The summed E-state index contributed by atoms with van der Waals surface area (Å²) in [7, 11) is 0. The van der Waals surface area contributed by atoms with E-state index in [0.29, 0.717) is 19.6 Å². The molecular weight excluding hydrogens is 250 g/mol. The number of nitrogens with two attached hydrogens (primary N) is 1. The number of hydrogen-bond acceptors (Lipinski definition) is 4. The van der Waals surface area contributed by atoms with Crippen LogP contribution in [0.4, 0.5) is 0 Å². The number of carbonyl (C=O) groups is 2. The second kappa shape index (κ2) is 5.97. The molecule has 1 saturated heterocycles. The van der Waals surface area contributed by atoms with E-state index in [0.717, 1.165) is 29.7 Å². The molecule has 0 bridgehead atoms.